The Morgan fingerprint density at radius 1 is 1.28 bits per heavy atom. The highest BCUT2D eigenvalue weighted by atomic mass is 32.2. The summed E-state index contributed by atoms with van der Waals surface area (Å²) in [6.07, 6.45) is 1.61. The van der Waals surface area contributed by atoms with Crippen LogP contribution >= 0.6 is 0 Å². The molecule has 29 heavy (non-hydrogen) atoms. The standard InChI is InChI=1S/C20H27N3O5S/c1-15-6-7-17(13-19(15)29(25,26)23-8-11-27-12-9-23)21-20(24)16(2)22(3)14-18-5-4-10-28-18/h4-7,10,13,16H,8-9,11-12,14H2,1-3H3,(H,21,24)/p+1/t16-/m0/s1. The summed E-state index contributed by atoms with van der Waals surface area (Å²) in [6.45, 7) is 5.59. The van der Waals surface area contributed by atoms with Crippen LogP contribution in [0.1, 0.15) is 18.2 Å². The van der Waals surface area contributed by atoms with Gasteiger partial charge in [-0.25, -0.2) is 8.42 Å². The van der Waals surface area contributed by atoms with Crippen molar-refractivity contribution in [3.05, 3.63) is 47.9 Å². The Bertz CT molecular complexity index is 937. The average molecular weight is 423 g/mol. The number of benzene rings is 1. The van der Waals surface area contributed by atoms with Crippen LogP contribution in [-0.4, -0.2) is 58.0 Å². The highest BCUT2D eigenvalue weighted by molar-refractivity contribution is 7.89. The predicted octanol–water partition coefficient (Wildman–Crippen LogP) is 0.651. The van der Waals surface area contributed by atoms with Crippen molar-refractivity contribution in [3.8, 4) is 0 Å². The van der Waals surface area contributed by atoms with Crippen molar-refractivity contribution in [2.75, 3.05) is 38.7 Å². The Morgan fingerprint density at radius 2 is 2.00 bits per heavy atom. The topological polar surface area (TPSA) is 93.3 Å². The molecule has 1 fully saturated rings. The molecule has 1 aliphatic rings. The maximum absolute atomic E-state index is 13.0. The number of ether oxygens (including phenoxy) is 1. The molecule has 0 aliphatic carbocycles. The number of nitrogens with zero attached hydrogens (tertiary/aromatic N) is 1. The van der Waals surface area contributed by atoms with Crippen molar-refractivity contribution in [1.29, 1.82) is 0 Å². The molecule has 1 aromatic heterocycles. The van der Waals surface area contributed by atoms with Gasteiger partial charge in [-0.3, -0.25) is 4.79 Å². The molecule has 3 rings (SSSR count). The summed E-state index contributed by atoms with van der Waals surface area (Å²) in [5, 5.41) is 2.85. The van der Waals surface area contributed by atoms with Gasteiger partial charge in [0.2, 0.25) is 10.0 Å². The van der Waals surface area contributed by atoms with Gasteiger partial charge in [0.05, 0.1) is 31.4 Å². The molecular formula is C20H28N3O5S+. The molecule has 1 amide bonds. The molecule has 1 unspecified atom stereocenters. The first-order valence-corrected chi connectivity index (χ1v) is 11.1. The molecule has 158 valence electrons. The van der Waals surface area contributed by atoms with Crippen LogP contribution < -0.4 is 10.2 Å². The van der Waals surface area contributed by atoms with Crippen LogP contribution in [0.2, 0.25) is 0 Å². The molecule has 0 spiro atoms. The number of anilines is 1. The zero-order valence-electron chi connectivity index (χ0n) is 17.0. The van der Waals surface area contributed by atoms with Crippen LogP contribution in [0.4, 0.5) is 5.69 Å². The van der Waals surface area contributed by atoms with Crippen molar-refractivity contribution in [1.82, 2.24) is 4.31 Å². The van der Waals surface area contributed by atoms with E-state index in [0.717, 1.165) is 10.7 Å². The fraction of sp³-hybridized carbons (Fsp3) is 0.450. The minimum Gasteiger partial charge on any atom is -0.463 e. The number of quaternary nitrogens is 1. The summed E-state index contributed by atoms with van der Waals surface area (Å²) in [5.41, 5.74) is 1.10. The van der Waals surface area contributed by atoms with Crippen LogP contribution in [0.5, 0.6) is 0 Å². The first-order chi connectivity index (χ1) is 13.8. The van der Waals surface area contributed by atoms with Gasteiger partial charge in [-0.1, -0.05) is 6.07 Å². The first kappa shape index (κ1) is 21.5. The molecule has 1 aliphatic heterocycles. The molecule has 1 saturated heterocycles. The van der Waals surface area contributed by atoms with E-state index >= 15 is 0 Å². The molecule has 2 aromatic rings. The Hall–Kier alpha value is -2.20. The lowest BCUT2D eigenvalue weighted by molar-refractivity contribution is -0.908. The second-order valence-corrected chi connectivity index (χ2v) is 9.22. The predicted molar refractivity (Wildman–Crippen MR) is 108 cm³/mol. The van der Waals surface area contributed by atoms with Gasteiger partial charge in [0.25, 0.3) is 5.91 Å². The van der Waals surface area contributed by atoms with Crippen LogP contribution in [-0.2, 0) is 26.1 Å². The van der Waals surface area contributed by atoms with Crippen molar-refractivity contribution >= 4 is 21.6 Å². The average Bonchev–Trinajstić information content (AvgIpc) is 3.22. The highest BCUT2D eigenvalue weighted by Gasteiger charge is 2.29. The minimum absolute atomic E-state index is 0.187. The number of carbonyl (C=O) groups excluding carboxylic acids is 1. The molecule has 2 N–H and O–H groups in total. The SMILES string of the molecule is Cc1ccc(NC(=O)[C@H](C)[NH+](C)Cc2ccco2)cc1S(=O)(=O)N1CCOCC1. The number of likely N-dealkylation sites (N-methyl/N-ethyl adjacent to an activating group) is 1. The Labute approximate surface area is 171 Å². The molecule has 0 saturated carbocycles. The van der Waals surface area contributed by atoms with E-state index in [1.807, 2.05) is 26.1 Å². The number of aryl methyl sites for hydroxylation is 1. The van der Waals surface area contributed by atoms with E-state index in [1.54, 1.807) is 25.3 Å². The van der Waals surface area contributed by atoms with E-state index in [9.17, 15) is 13.2 Å². The van der Waals surface area contributed by atoms with Crippen LogP contribution in [0.15, 0.2) is 45.9 Å². The van der Waals surface area contributed by atoms with Crippen molar-refractivity contribution < 1.29 is 27.3 Å². The number of hydrogen-bond acceptors (Lipinski definition) is 5. The molecular weight excluding hydrogens is 394 g/mol. The zero-order valence-corrected chi connectivity index (χ0v) is 17.8. The fourth-order valence-electron chi connectivity index (χ4n) is 3.20. The third-order valence-electron chi connectivity index (χ3n) is 5.21. The number of amides is 1. The number of carbonyl (C=O) groups is 1. The van der Waals surface area contributed by atoms with Crippen molar-refractivity contribution in [3.63, 3.8) is 0 Å². The van der Waals surface area contributed by atoms with Crippen molar-refractivity contribution in [2.45, 2.75) is 31.3 Å². The van der Waals surface area contributed by atoms with E-state index in [4.69, 9.17) is 9.15 Å². The number of morpholine rings is 1. The van der Waals surface area contributed by atoms with E-state index in [1.165, 1.54) is 10.4 Å². The molecule has 1 aromatic carbocycles. The largest absolute Gasteiger partial charge is 0.463 e. The lowest BCUT2D eigenvalue weighted by Crippen LogP contribution is -3.12. The maximum Gasteiger partial charge on any atom is 0.282 e. The first-order valence-electron chi connectivity index (χ1n) is 9.63. The van der Waals surface area contributed by atoms with Crippen molar-refractivity contribution in [2.24, 2.45) is 0 Å². The van der Waals surface area contributed by atoms with Gasteiger partial charge in [0.15, 0.2) is 11.8 Å². The number of nitrogens with one attached hydrogen (secondary N) is 2. The van der Waals surface area contributed by atoms with Crippen LogP contribution in [0.3, 0.4) is 0 Å². The lowest BCUT2D eigenvalue weighted by atomic mass is 10.2. The van der Waals surface area contributed by atoms with E-state index in [0.29, 0.717) is 44.1 Å². The highest BCUT2D eigenvalue weighted by Crippen LogP contribution is 2.24. The molecule has 9 heteroatoms. The molecule has 2 heterocycles. The summed E-state index contributed by atoms with van der Waals surface area (Å²) < 4.78 is 38.0. The molecule has 2 atom stereocenters. The molecule has 0 radical (unpaired) electrons. The van der Waals surface area contributed by atoms with Gasteiger partial charge in [-0.05, 0) is 43.7 Å². The van der Waals surface area contributed by atoms with E-state index < -0.39 is 10.0 Å². The van der Waals surface area contributed by atoms with Gasteiger partial charge in [0, 0.05) is 18.8 Å². The van der Waals surface area contributed by atoms with Gasteiger partial charge < -0.3 is 19.4 Å². The smallest absolute Gasteiger partial charge is 0.282 e. The Morgan fingerprint density at radius 3 is 2.66 bits per heavy atom. The lowest BCUT2D eigenvalue weighted by Gasteiger charge is -2.27. The van der Waals surface area contributed by atoms with Gasteiger partial charge in [-0.15, -0.1) is 0 Å². The van der Waals surface area contributed by atoms with Gasteiger partial charge >= 0.3 is 0 Å². The van der Waals surface area contributed by atoms with E-state index in [-0.39, 0.29) is 16.8 Å². The third kappa shape index (κ3) is 5.05. The monoisotopic (exact) mass is 422 g/mol. The maximum atomic E-state index is 13.0. The zero-order chi connectivity index (χ0) is 21.0. The third-order valence-corrected chi connectivity index (χ3v) is 7.25. The molecule has 8 nitrogen and oxygen atoms in total. The summed E-state index contributed by atoms with van der Waals surface area (Å²) in [4.78, 5) is 13.9. The number of hydrogen-bond donors (Lipinski definition) is 2. The quantitative estimate of drug-likeness (QED) is 0.684. The second-order valence-electron chi connectivity index (χ2n) is 7.31. The minimum atomic E-state index is -3.64. The number of sulfonamides is 1. The van der Waals surface area contributed by atoms with Gasteiger partial charge in [0.1, 0.15) is 6.54 Å². The summed E-state index contributed by atoms with van der Waals surface area (Å²) in [7, 11) is -1.72. The molecule has 0 bridgehead atoms. The fourth-order valence-corrected chi connectivity index (χ4v) is 4.86. The normalized spacial score (nSPS) is 17.6. The van der Waals surface area contributed by atoms with Crippen LogP contribution in [0, 0.1) is 6.92 Å². The van der Waals surface area contributed by atoms with Gasteiger partial charge in [-0.2, -0.15) is 4.31 Å². The Balaban J connectivity index is 1.72. The summed E-state index contributed by atoms with van der Waals surface area (Å²) in [5.74, 6) is 0.615. The second kappa shape index (κ2) is 9.08. The summed E-state index contributed by atoms with van der Waals surface area (Å²) >= 11 is 0. The number of furan rings is 1. The van der Waals surface area contributed by atoms with E-state index in [2.05, 4.69) is 5.32 Å². The Kier molecular flexibility index (Phi) is 6.74. The van der Waals surface area contributed by atoms with Crippen LogP contribution in [0.25, 0.3) is 0 Å². The number of rotatable bonds is 7. The summed E-state index contributed by atoms with van der Waals surface area (Å²) in [6, 6.07) is 8.31.